The molecular formula is C22H19F2N3O4S. The quantitative estimate of drug-likeness (QED) is 0.482. The first-order valence-electron chi connectivity index (χ1n) is 9.45. The third kappa shape index (κ3) is 4.01. The summed E-state index contributed by atoms with van der Waals surface area (Å²) in [6, 6.07) is 12.0. The van der Waals surface area contributed by atoms with Crippen molar-refractivity contribution in [1.29, 1.82) is 0 Å². The molecule has 0 bridgehead atoms. The lowest BCUT2D eigenvalue weighted by Crippen LogP contribution is -2.43. The molecule has 4 rings (SSSR count). The van der Waals surface area contributed by atoms with E-state index in [1.807, 2.05) is 12.1 Å². The van der Waals surface area contributed by atoms with Crippen LogP contribution in [0.5, 0.6) is 17.5 Å². The zero-order valence-electron chi connectivity index (χ0n) is 17.5. The van der Waals surface area contributed by atoms with E-state index < -0.39 is 17.7 Å². The van der Waals surface area contributed by atoms with Crippen LogP contribution < -0.4 is 23.4 Å². The molecule has 0 saturated heterocycles. The number of anilines is 2. The van der Waals surface area contributed by atoms with Gasteiger partial charge in [-0.05, 0) is 24.1 Å². The maximum absolute atomic E-state index is 14.7. The maximum atomic E-state index is 14.7. The smallest absolute Gasteiger partial charge is 0.339 e. The number of carbonyl (C=O) groups excluding carboxylic acids is 1. The fourth-order valence-corrected chi connectivity index (χ4v) is 4.22. The fraction of sp³-hybridized carbons (Fsp3) is 0.182. The lowest BCUT2D eigenvalue weighted by molar-refractivity contribution is 0.254. The number of para-hydroxylation sites is 1. The van der Waals surface area contributed by atoms with Crippen LogP contribution in [-0.4, -0.2) is 32.3 Å². The number of pyridine rings is 1. The van der Waals surface area contributed by atoms with Gasteiger partial charge in [0.15, 0.2) is 0 Å². The molecule has 2 aromatic carbocycles. The minimum atomic E-state index is -0.802. The van der Waals surface area contributed by atoms with Crippen LogP contribution in [0, 0.1) is 11.6 Å². The van der Waals surface area contributed by atoms with Gasteiger partial charge in [0.1, 0.15) is 17.4 Å². The van der Waals surface area contributed by atoms with E-state index in [2.05, 4.69) is 4.98 Å². The Kier molecular flexibility index (Phi) is 6.04. The molecule has 0 unspecified atom stereocenters. The number of methoxy groups -OCH3 is 3. The molecule has 0 N–H and O–H groups in total. The molecule has 0 aliphatic carbocycles. The van der Waals surface area contributed by atoms with Gasteiger partial charge in [0.25, 0.3) is 0 Å². The number of halogens is 2. The minimum Gasteiger partial charge on any atom is -0.497 e. The summed E-state index contributed by atoms with van der Waals surface area (Å²) in [5, 5.41) is 0. The first kappa shape index (κ1) is 21.7. The molecule has 7 nitrogen and oxygen atoms in total. The molecule has 0 fully saturated rings. The molecule has 1 aliphatic rings. The van der Waals surface area contributed by atoms with Crippen molar-refractivity contribution in [3.63, 3.8) is 0 Å². The number of aromatic nitrogens is 1. The number of carbonyl (C=O) groups is 1. The van der Waals surface area contributed by atoms with Gasteiger partial charge in [-0.3, -0.25) is 4.90 Å². The number of amides is 2. The largest absolute Gasteiger partial charge is 0.497 e. The monoisotopic (exact) mass is 459 g/mol. The van der Waals surface area contributed by atoms with Gasteiger partial charge >= 0.3 is 6.03 Å². The second kappa shape index (κ2) is 8.91. The van der Waals surface area contributed by atoms with E-state index in [0.29, 0.717) is 11.4 Å². The lowest BCUT2D eigenvalue weighted by atomic mass is 10.1. The molecule has 0 atom stereocenters. The van der Waals surface area contributed by atoms with E-state index >= 15 is 0 Å². The number of hydrogen-bond acceptors (Lipinski definition) is 6. The van der Waals surface area contributed by atoms with Gasteiger partial charge < -0.3 is 14.2 Å². The number of hydrogen-bond donors (Lipinski definition) is 0. The Morgan fingerprint density at radius 1 is 0.938 bits per heavy atom. The number of benzene rings is 2. The van der Waals surface area contributed by atoms with Crippen molar-refractivity contribution in [3.05, 3.63) is 65.7 Å². The minimum absolute atomic E-state index is 0.0577. The number of fused-ring (bicyclic) bond motifs is 1. The molecule has 10 heteroatoms. The van der Waals surface area contributed by atoms with Gasteiger partial charge in [0.05, 0.1) is 44.1 Å². The average molecular weight is 459 g/mol. The van der Waals surface area contributed by atoms with Gasteiger partial charge in [0.2, 0.25) is 11.8 Å². The number of ether oxygens (including phenoxy) is 3. The first-order valence-corrected chi connectivity index (χ1v) is 10.2. The number of nitrogens with zero attached hydrogens (tertiary/aromatic N) is 3. The number of urea groups is 1. The highest BCUT2D eigenvalue weighted by Crippen LogP contribution is 2.43. The van der Waals surface area contributed by atoms with Crippen LogP contribution in [-0.2, 0) is 6.54 Å². The molecule has 2 amide bonds. The standard InChI is InChI=1S/C22H19F2N3O4S/c1-29-14-10-16(23)15(17(24)11-14)12-26-18-6-4-5-7-19(18)32-27(22(26)28)13-8-20(30-2)25-21(9-13)31-3/h4-11H,12H2,1-3H3. The van der Waals surface area contributed by atoms with Crippen molar-refractivity contribution in [2.24, 2.45) is 0 Å². The van der Waals surface area contributed by atoms with Gasteiger partial charge in [-0.15, -0.1) is 0 Å². The topological polar surface area (TPSA) is 64.1 Å². The third-order valence-electron chi connectivity index (χ3n) is 4.83. The Labute approximate surface area is 187 Å². The second-order valence-electron chi connectivity index (χ2n) is 6.70. The average Bonchev–Trinajstić information content (AvgIpc) is 2.81. The van der Waals surface area contributed by atoms with Crippen LogP contribution in [0.4, 0.5) is 25.0 Å². The van der Waals surface area contributed by atoms with E-state index in [-0.39, 0.29) is 29.6 Å². The van der Waals surface area contributed by atoms with Crippen LogP contribution in [0.25, 0.3) is 0 Å². The van der Waals surface area contributed by atoms with Crippen LogP contribution in [0.3, 0.4) is 0 Å². The highest BCUT2D eigenvalue weighted by Gasteiger charge is 2.34. The van der Waals surface area contributed by atoms with Crippen LogP contribution in [0.1, 0.15) is 5.56 Å². The lowest BCUT2D eigenvalue weighted by Gasteiger charge is -2.36. The van der Waals surface area contributed by atoms with Crippen molar-refractivity contribution < 1.29 is 27.8 Å². The fourth-order valence-electron chi connectivity index (χ4n) is 3.22. The third-order valence-corrected chi connectivity index (χ3v) is 5.92. The summed E-state index contributed by atoms with van der Waals surface area (Å²) >= 11 is 1.18. The Morgan fingerprint density at radius 3 is 2.16 bits per heavy atom. The zero-order valence-corrected chi connectivity index (χ0v) is 18.3. The molecule has 1 aliphatic heterocycles. The summed E-state index contributed by atoms with van der Waals surface area (Å²) in [7, 11) is 4.23. The Morgan fingerprint density at radius 2 is 1.56 bits per heavy atom. The van der Waals surface area contributed by atoms with Gasteiger partial charge in [-0.25, -0.2) is 17.9 Å². The summed E-state index contributed by atoms with van der Waals surface area (Å²) in [5.74, 6) is -1.04. The van der Waals surface area contributed by atoms with E-state index in [9.17, 15) is 13.6 Å². The first-order chi connectivity index (χ1) is 15.4. The molecule has 166 valence electrons. The summed E-state index contributed by atoms with van der Waals surface area (Å²) in [4.78, 5) is 19.7. The predicted octanol–water partition coefficient (Wildman–Crippen LogP) is 5.04. The van der Waals surface area contributed by atoms with Crippen LogP contribution >= 0.6 is 11.9 Å². The van der Waals surface area contributed by atoms with Crippen LogP contribution in [0.2, 0.25) is 0 Å². The van der Waals surface area contributed by atoms with Crippen molar-refractivity contribution >= 4 is 29.4 Å². The molecule has 0 spiro atoms. The molecule has 1 aromatic heterocycles. The SMILES string of the molecule is COc1cc(F)c(CN2C(=O)N(c3cc(OC)nc(OC)c3)Sc3ccccc32)c(F)c1. The highest BCUT2D eigenvalue weighted by molar-refractivity contribution is 8.01. The zero-order chi connectivity index (χ0) is 22.8. The van der Waals surface area contributed by atoms with Crippen molar-refractivity contribution in [2.75, 3.05) is 30.5 Å². The van der Waals surface area contributed by atoms with Gasteiger partial charge in [-0.1, -0.05) is 12.1 Å². The van der Waals surface area contributed by atoms with Crippen molar-refractivity contribution in [2.45, 2.75) is 11.4 Å². The molecule has 32 heavy (non-hydrogen) atoms. The Balaban J connectivity index is 1.77. The van der Waals surface area contributed by atoms with Crippen LogP contribution in [0.15, 0.2) is 53.4 Å². The van der Waals surface area contributed by atoms with E-state index in [1.165, 1.54) is 42.5 Å². The van der Waals surface area contributed by atoms with E-state index in [0.717, 1.165) is 17.0 Å². The molecule has 0 radical (unpaired) electrons. The molecule has 0 saturated carbocycles. The molecular weight excluding hydrogens is 440 g/mol. The molecule has 3 aromatic rings. The maximum Gasteiger partial charge on any atom is 0.339 e. The summed E-state index contributed by atoms with van der Waals surface area (Å²) in [6.07, 6.45) is 0. The summed E-state index contributed by atoms with van der Waals surface area (Å²) in [5.41, 5.74) is 0.742. The predicted molar refractivity (Wildman–Crippen MR) is 117 cm³/mol. The summed E-state index contributed by atoms with van der Waals surface area (Å²) in [6.45, 7) is -0.312. The Bertz CT molecular complexity index is 1130. The van der Waals surface area contributed by atoms with Crippen molar-refractivity contribution in [3.8, 4) is 17.5 Å². The van der Waals surface area contributed by atoms with Gasteiger partial charge in [0, 0.05) is 29.8 Å². The summed E-state index contributed by atoms with van der Waals surface area (Å²) < 4.78 is 46.0. The number of rotatable bonds is 6. The van der Waals surface area contributed by atoms with Gasteiger partial charge in [-0.2, -0.15) is 4.98 Å². The van der Waals surface area contributed by atoms with E-state index in [1.54, 1.807) is 24.3 Å². The second-order valence-corrected chi connectivity index (χ2v) is 7.69. The Hall–Kier alpha value is -3.53. The molecule has 2 heterocycles. The normalized spacial score (nSPS) is 13.1. The highest BCUT2D eigenvalue weighted by atomic mass is 32.2. The van der Waals surface area contributed by atoms with E-state index in [4.69, 9.17) is 14.2 Å². The van der Waals surface area contributed by atoms with Crippen molar-refractivity contribution in [1.82, 2.24) is 4.98 Å².